The summed E-state index contributed by atoms with van der Waals surface area (Å²) in [5, 5.41) is 4.72. The van der Waals surface area contributed by atoms with Crippen molar-refractivity contribution in [2.45, 2.75) is 18.9 Å². The van der Waals surface area contributed by atoms with E-state index in [0.717, 1.165) is 23.3 Å². The second-order valence-electron chi connectivity index (χ2n) is 6.93. The fraction of sp³-hybridized carbons (Fsp3) is 0.400. The number of hydrogen-bond acceptors (Lipinski definition) is 7. The number of hydrogen-bond donors (Lipinski definition) is 1. The Morgan fingerprint density at radius 3 is 2.83 bits per heavy atom. The fourth-order valence-electron chi connectivity index (χ4n) is 3.79. The Labute approximate surface area is 168 Å². The third-order valence-electron chi connectivity index (χ3n) is 5.24. The summed E-state index contributed by atoms with van der Waals surface area (Å²) in [4.78, 5) is 23.8. The lowest BCUT2D eigenvalue weighted by molar-refractivity contribution is 0.0787. The molecule has 1 amide bonds. The van der Waals surface area contributed by atoms with Gasteiger partial charge in [-0.2, -0.15) is 5.10 Å². The number of benzene rings is 1. The van der Waals surface area contributed by atoms with Gasteiger partial charge < -0.3 is 20.1 Å². The number of aromatic nitrogens is 4. The van der Waals surface area contributed by atoms with Gasteiger partial charge in [-0.3, -0.25) is 4.79 Å². The van der Waals surface area contributed by atoms with E-state index in [1.165, 1.54) is 0 Å². The van der Waals surface area contributed by atoms with E-state index in [1.54, 1.807) is 49.5 Å². The van der Waals surface area contributed by atoms with Crippen LogP contribution in [0.15, 0.2) is 30.6 Å². The van der Waals surface area contributed by atoms with Crippen molar-refractivity contribution in [3.63, 3.8) is 0 Å². The first-order valence-electron chi connectivity index (χ1n) is 9.55. The Kier molecular flexibility index (Phi) is 5.30. The van der Waals surface area contributed by atoms with Crippen LogP contribution in [0, 0.1) is 0 Å². The minimum Gasteiger partial charge on any atom is -0.497 e. The van der Waals surface area contributed by atoms with Crippen LogP contribution in [0.1, 0.15) is 28.4 Å². The molecule has 29 heavy (non-hydrogen) atoms. The van der Waals surface area contributed by atoms with Crippen LogP contribution < -0.4 is 15.2 Å². The van der Waals surface area contributed by atoms with Crippen LogP contribution in [-0.2, 0) is 6.54 Å². The highest BCUT2D eigenvalue weighted by atomic mass is 16.5. The van der Waals surface area contributed by atoms with Gasteiger partial charge in [-0.15, -0.1) is 0 Å². The highest BCUT2D eigenvalue weighted by Crippen LogP contribution is 2.33. The van der Waals surface area contributed by atoms with Gasteiger partial charge in [-0.25, -0.2) is 14.6 Å². The molecule has 1 fully saturated rings. The van der Waals surface area contributed by atoms with Crippen molar-refractivity contribution < 1.29 is 14.3 Å². The average Bonchev–Trinajstić information content (AvgIpc) is 3.38. The molecule has 9 heteroatoms. The van der Waals surface area contributed by atoms with Crippen LogP contribution in [0.3, 0.4) is 0 Å². The molecule has 1 atom stereocenters. The van der Waals surface area contributed by atoms with Crippen molar-refractivity contribution in [1.82, 2.24) is 24.6 Å². The Bertz CT molecular complexity index is 1030. The maximum Gasteiger partial charge on any atom is 0.257 e. The molecule has 0 unspecified atom stereocenters. The van der Waals surface area contributed by atoms with Gasteiger partial charge in [0.25, 0.3) is 5.91 Å². The number of carbonyl (C=O) groups excluding carboxylic acids is 1. The molecular weight excluding hydrogens is 372 g/mol. The molecule has 3 heterocycles. The van der Waals surface area contributed by atoms with Crippen molar-refractivity contribution in [2.75, 3.05) is 33.9 Å². The minimum absolute atomic E-state index is 0.0659. The molecule has 1 aliphatic rings. The number of likely N-dealkylation sites (tertiary alicyclic amines) is 1. The lowest BCUT2D eigenvalue weighted by Crippen LogP contribution is -2.29. The Morgan fingerprint density at radius 2 is 2.07 bits per heavy atom. The Balaban J connectivity index is 1.59. The standard InChI is InChI=1S/C20H24N6O3/c1-28-14-3-4-15(16(11-14)29-2)20(27)25-9-5-13(12-25)17-18-19(23-8-7-22-18)26(24-17)10-6-21/h3-4,7-8,11,13H,5-6,9-10,12,21H2,1-2H3/t13-/m1/s1. The van der Waals surface area contributed by atoms with Gasteiger partial charge in [0, 0.05) is 44.0 Å². The predicted octanol–water partition coefficient (Wildman–Crippen LogP) is 1.43. The van der Waals surface area contributed by atoms with Gasteiger partial charge in [0.05, 0.1) is 32.0 Å². The van der Waals surface area contributed by atoms with Crippen LogP contribution in [0.25, 0.3) is 11.2 Å². The normalized spacial score (nSPS) is 16.4. The first kappa shape index (κ1) is 19.1. The number of nitrogens with zero attached hydrogens (tertiary/aromatic N) is 5. The molecule has 1 aliphatic heterocycles. The van der Waals surface area contributed by atoms with Gasteiger partial charge in [0.1, 0.15) is 17.0 Å². The summed E-state index contributed by atoms with van der Waals surface area (Å²) in [6, 6.07) is 5.23. The van der Waals surface area contributed by atoms with E-state index in [4.69, 9.17) is 20.3 Å². The summed E-state index contributed by atoms with van der Waals surface area (Å²) in [5.41, 5.74) is 8.61. The lowest BCUT2D eigenvalue weighted by Gasteiger charge is -2.18. The second-order valence-corrected chi connectivity index (χ2v) is 6.93. The number of fused-ring (bicyclic) bond motifs is 1. The molecule has 1 aromatic carbocycles. The molecule has 0 saturated carbocycles. The maximum atomic E-state index is 13.1. The van der Waals surface area contributed by atoms with Crippen molar-refractivity contribution in [1.29, 1.82) is 0 Å². The van der Waals surface area contributed by atoms with Crippen molar-refractivity contribution in [2.24, 2.45) is 5.73 Å². The number of carbonyl (C=O) groups is 1. The molecule has 4 rings (SSSR count). The zero-order chi connectivity index (χ0) is 20.4. The number of rotatable bonds is 6. The molecule has 2 N–H and O–H groups in total. The summed E-state index contributed by atoms with van der Waals surface area (Å²) in [5.74, 6) is 1.18. The van der Waals surface area contributed by atoms with Crippen molar-refractivity contribution >= 4 is 17.1 Å². The fourth-order valence-corrected chi connectivity index (χ4v) is 3.79. The largest absolute Gasteiger partial charge is 0.497 e. The van der Waals surface area contributed by atoms with Gasteiger partial charge in [-0.1, -0.05) is 0 Å². The molecule has 0 radical (unpaired) electrons. The van der Waals surface area contributed by atoms with Crippen molar-refractivity contribution in [3.8, 4) is 11.5 Å². The molecule has 0 bridgehead atoms. The molecule has 3 aromatic rings. The van der Waals surface area contributed by atoms with E-state index < -0.39 is 0 Å². The third-order valence-corrected chi connectivity index (χ3v) is 5.24. The van der Waals surface area contributed by atoms with E-state index in [9.17, 15) is 4.79 Å². The van der Waals surface area contributed by atoms with Crippen LogP contribution in [0.2, 0.25) is 0 Å². The first-order chi connectivity index (χ1) is 14.2. The highest BCUT2D eigenvalue weighted by molar-refractivity contribution is 5.97. The van der Waals surface area contributed by atoms with Gasteiger partial charge >= 0.3 is 0 Å². The zero-order valence-corrected chi connectivity index (χ0v) is 16.5. The number of methoxy groups -OCH3 is 2. The monoisotopic (exact) mass is 396 g/mol. The summed E-state index contributed by atoms with van der Waals surface area (Å²) in [7, 11) is 3.13. The van der Waals surface area contributed by atoms with Crippen LogP contribution in [0.4, 0.5) is 0 Å². The number of amides is 1. The SMILES string of the molecule is COc1ccc(C(=O)N2CC[C@@H](c3nn(CCN)c4nccnc34)C2)c(OC)c1. The molecule has 0 spiro atoms. The third kappa shape index (κ3) is 3.49. The Hall–Kier alpha value is -3.20. The van der Waals surface area contributed by atoms with Crippen molar-refractivity contribution in [3.05, 3.63) is 41.9 Å². The molecular formula is C20H24N6O3. The van der Waals surface area contributed by atoms with E-state index >= 15 is 0 Å². The number of ether oxygens (including phenoxy) is 2. The summed E-state index contributed by atoms with van der Waals surface area (Å²) < 4.78 is 12.4. The summed E-state index contributed by atoms with van der Waals surface area (Å²) in [6.45, 7) is 2.26. The van der Waals surface area contributed by atoms with Crippen LogP contribution in [-0.4, -0.2) is 64.4 Å². The Morgan fingerprint density at radius 1 is 1.24 bits per heavy atom. The van der Waals surface area contributed by atoms with E-state index in [1.807, 2.05) is 4.90 Å². The quantitative estimate of drug-likeness (QED) is 0.671. The second kappa shape index (κ2) is 8.04. The first-order valence-corrected chi connectivity index (χ1v) is 9.55. The minimum atomic E-state index is -0.0659. The number of nitrogens with two attached hydrogens (primary N) is 1. The lowest BCUT2D eigenvalue weighted by atomic mass is 10.0. The van der Waals surface area contributed by atoms with Crippen LogP contribution in [0.5, 0.6) is 11.5 Å². The molecule has 1 saturated heterocycles. The molecule has 152 valence electrons. The summed E-state index contributed by atoms with van der Waals surface area (Å²) >= 11 is 0. The topological polar surface area (TPSA) is 108 Å². The summed E-state index contributed by atoms with van der Waals surface area (Å²) in [6.07, 6.45) is 4.14. The van der Waals surface area contributed by atoms with Crippen LogP contribution >= 0.6 is 0 Å². The van der Waals surface area contributed by atoms with E-state index in [-0.39, 0.29) is 11.8 Å². The maximum absolute atomic E-state index is 13.1. The smallest absolute Gasteiger partial charge is 0.257 e. The van der Waals surface area contributed by atoms with E-state index in [2.05, 4.69) is 9.97 Å². The molecule has 0 aliphatic carbocycles. The highest BCUT2D eigenvalue weighted by Gasteiger charge is 2.32. The van der Waals surface area contributed by atoms with Gasteiger partial charge in [0.15, 0.2) is 5.65 Å². The van der Waals surface area contributed by atoms with Gasteiger partial charge in [0.2, 0.25) is 0 Å². The zero-order valence-electron chi connectivity index (χ0n) is 16.5. The average molecular weight is 396 g/mol. The molecule has 9 nitrogen and oxygen atoms in total. The molecule has 2 aromatic heterocycles. The predicted molar refractivity (Wildman–Crippen MR) is 107 cm³/mol. The van der Waals surface area contributed by atoms with E-state index in [0.29, 0.717) is 43.2 Å². The van der Waals surface area contributed by atoms with Gasteiger partial charge in [-0.05, 0) is 18.6 Å².